The van der Waals surface area contributed by atoms with Gasteiger partial charge in [0.05, 0.1) is 20.6 Å². The van der Waals surface area contributed by atoms with Crippen molar-refractivity contribution in [3.8, 4) is 17.2 Å². The van der Waals surface area contributed by atoms with Crippen LogP contribution in [0.2, 0.25) is 0 Å². The first-order chi connectivity index (χ1) is 10.5. The first kappa shape index (κ1) is 15.9. The highest BCUT2D eigenvalue weighted by molar-refractivity contribution is 5.85. The second kappa shape index (κ2) is 6.55. The topological polar surface area (TPSA) is 96.3 Å². The van der Waals surface area contributed by atoms with E-state index in [9.17, 15) is 14.7 Å². The molecule has 0 saturated carbocycles. The summed E-state index contributed by atoms with van der Waals surface area (Å²) in [5, 5.41) is 19.0. The van der Waals surface area contributed by atoms with Crippen LogP contribution in [0.5, 0.6) is 17.2 Å². The van der Waals surface area contributed by atoms with Gasteiger partial charge >= 0.3 is 5.97 Å². The number of nitrogens with zero attached hydrogens (tertiary/aromatic N) is 1. The summed E-state index contributed by atoms with van der Waals surface area (Å²) in [6.07, 6.45) is 1.19. The fourth-order valence-corrected chi connectivity index (χ4v) is 2.65. The Morgan fingerprint density at radius 1 is 1.27 bits per heavy atom. The zero-order valence-electron chi connectivity index (χ0n) is 12.5. The van der Waals surface area contributed by atoms with Gasteiger partial charge < -0.3 is 24.6 Å². The van der Waals surface area contributed by atoms with Gasteiger partial charge in [-0.1, -0.05) is 0 Å². The summed E-state index contributed by atoms with van der Waals surface area (Å²) in [5.41, 5.74) is 0.590. The Kier molecular flexibility index (Phi) is 4.75. The summed E-state index contributed by atoms with van der Waals surface area (Å²) in [4.78, 5) is 24.9. The number of amides is 1. The molecule has 0 bridgehead atoms. The molecule has 1 heterocycles. The highest BCUT2D eigenvalue weighted by Crippen LogP contribution is 2.37. The molecule has 1 saturated heterocycles. The maximum atomic E-state index is 12.3. The average molecular weight is 309 g/mol. The molecular formula is C15H19NO6. The molecule has 0 radical (unpaired) electrons. The number of carboxylic acids is 1. The van der Waals surface area contributed by atoms with Crippen molar-refractivity contribution in [3.05, 3.63) is 17.7 Å². The zero-order valence-corrected chi connectivity index (χ0v) is 12.5. The molecule has 2 rings (SSSR count). The summed E-state index contributed by atoms with van der Waals surface area (Å²) >= 11 is 0. The van der Waals surface area contributed by atoms with Gasteiger partial charge in [0.15, 0.2) is 11.5 Å². The molecule has 1 fully saturated rings. The van der Waals surface area contributed by atoms with Crippen molar-refractivity contribution in [3.63, 3.8) is 0 Å². The Morgan fingerprint density at radius 3 is 2.36 bits per heavy atom. The minimum absolute atomic E-state index is 0.0246. The van der Waals surface area contributed by atoms with E-state index in [1.54, 1.807) is 12.1 Å². The summed E-state index contributed by atoms with van der Waals surface area (Å²) in [5.74, 6) is -0.964. The predicted octanol–water partition coefficient (Wildman–Crippen LogP) is 1.03. The SMILES string of the molecule is COc1cc(CC(=O)N2CCC[C@H]2C(=O)O)cc(OC)c1O. The zero-order chi connectivity index (χ0) is 16.3. The van der Waals surface area contributed by atoms with E-state index in [4.69, 9.17) is 14.6 Å². The number of rotatable bonds is 5. The maximum absolute atomic E-state index is 12.3. The second-order valence-corrected chi connectivity index (χ2v) is 5.11. The highest BCUT2D eigenvalue weighted by Gasteiger charge is 2.33. The van der Waals surface area contributed by atoms with E-state index in [0.29, 0.717) is 24.9 Å². The van der Waals surface area contributed by atoms with Crippen LogP contribution >= 0.6 is 0 Å². The lowest BCUT2D eigenvalue weighted by molar-refractivity contribution is -0.148. The number of methoxy groups -OCH3 is 2. The molecule has 0 aliphatic carbocycles. The normalized spacial score (nSPS) is 17.4. The summed E-state index contributed by atoms with van der Waals surface area (Å²) < 4.78 is 10.1. The predicted molar refractivity (Wildman–Crippen MR) is 77.3 cm³/mol. The molecular weight excluding hydrogens is 290 g/mol. The summed E-state index contributed by atoms with van der Waals surface area (Å²) in [6, 6.07) is 2.33. The minimum atomic E-state index is -0.980. The molecule has 7 nitrogen and oxygen atoms in total. The van der Waals surface area contributed by atoms with Crippen molar-refractivity contribution in [2.45, 2.75) is 25.3 Å². The third-order valence-corrected chi connectivity index (χ3v) is 3.75. The van der Waals surface area contributed by atoms with Gasteiger partial charge in [-0.25, -0.2) is 4.79 Å². The summed E-state index contributed by atoms with van der Waals surface area (Å²) in [7, 11) is 2.81. The van der Waals surface area contributed by atoms with E-state index in [0.717, 1.165) is 0 Å². The van der Waals surface area contributed by atoms with Crippen molar-refractivity contribution in [1.82, 2.24) is 4.90 Å². The fourth-order valence-electron chi connectivity index (χ4n) is 2.65. The van der Waals surface area contributed by atoms with Crippen molar-refractivity contribution < 1.29 is 29.3 Å². The minimum Gasteiger partial charge on any atom is -0.502 e. The van der Waals surface area contributed by atoms with Crippen LogP contribution < -0.4 is 9.47 Å². The van der Waals surface area contributed by atoms with Gasteiger partial charge in [0, 0.05) is 6.54 Å². The average Bonchev–Trinajstić information content (AvgIpc) is 2.98. The van der Waals surface area contributed by atoms with Crippen molar-refractivity contribution in [1.29, 1.82) is 0 Å². The lowest BCUT2D eigenvalue weighted by atomic mass is 10.1. The number of hydrogen-bond acceptors (Lipinski definition) is 5. The third kappa shape index (κ3) is 3.08. The molecule has 0 unspecified atom stereocenters. The van der Waals surface area contributed by atoms with Crippen LogP contribution in [0.1, 0.15) is 18.4 Å². The van der Waals surface area contributed by atoms with Crippen LogP contribution in [0, 0.1) is 0 Å². The second-order valence-electron chi connectivity index (χ2n) is 5.11. The number of benzene rings is 1. The molecule has 1 amide bonds. The quantitative estimate of drug-likeness (QED) is 0.843. The number of phenolic OH excluding ortho intramolecular Hbond substituents is 1. The number of ether oxygens (including phenoxy) is 2. The van der Waals surface area contributed by atoms with E-state index >= 15 is 0 Å². The molecule has 0 spiro atoms. The van der Waals surface area contributed by atoms with E-state index in [1.807, 2.05) is 0 Å². The fraction of sp³-hybridized carbons (Fsp3) is 0.467. The molecule has 7 heteroatoms. The van der Waals surface area contributed by atoms with Crippen LogP contribution in [-0.4, -0.2) is 53.8 Å². The van der Waals surface area contributed by atoms with Gasteiger partial charge in [0.25, 0.3) is 0 Å². The van der Waals surface area contributed by atoms with Crippen LogP contribution in [0.25, 0.3) is 0 Å². The highest BCUT2D eigenvalue weighted by atomic mass is 16.5. The van der Waals surface area contributed by atoms with E-state index in [2.05, 4.69) is 0 Å². The molecule has 1 atom stereocenters. The number of likely N-dealkylation sites (tertiary alicyclic amines) is 1. The number of aromatic hydroxyl groups is 1. The molecule has 120 valence electrons. The first-order valence-electron chi connectivity index (χ1n) is 6.94. The van der Waals surface area contributed by atoms with Gasteiger partial charge in [-0.05, 0) is 30.5 Å². The standard InChI is InChI=1S/C15H19NO6/c1-21-11-6-9(7-12(22-2)14(11)18)8-13(17)16-5-3-4-10(16)15(19)20/h6-7,10,18H,3-5,8H2,1-2H3,(H,19,20)/t10-/m0/s1. The van der Waals surface area contributed by atoms with Gasteiger partial charge in [0.1, 0.15) is 6.04 Å². The van der Waals surface area contributed by atoms with Crippen LogP contribution in [0.3, 0.4) is 0 Å². The molecule has 1 aliphatic rings. The Balaban J connectivity index is 2.19. The first-order valence-corrected chi connectivity index (χ1v) is 6.94. The number of aliphatic carboxylic acids is 1. The number of carbonyl (C=O) groups excluding carboxylic acids is 1. The molecule has 1 aliphatic heterocycles. The molecule has 1 aromatic carbocycles. The number of phenols is 1. The molecule has 2 N–H and O–H groups in total. The number of hydrogen-bond donors (Lipinski definition) is 2. The van der Waals surface area contributed by atoms with Crippen LogP contribution in [0.4, 0.5) is 0 Å². The monoisotopic (exact) mass is 309 g/mol. The van der Waals surface area contributed by atoms with Crippen LogP contribution in [-0.2, 0) is 16.0 Å². The van der Waals surface area contributed by atoms with E-state index < -0.39 is 12.0 Å². The van der Waals surface area contributed by atoms with Crippen LogP contribution in [0.15, 0.2) is 12.1 Å². The molecule has 22 heavy (non-hydrogen) atoms. The molecule has 0 aromatic heterocycles. The van der Waals surface area contributed by atoms with Crippen molar-refractivity contribution in [2.24, 2.45) is 0 Å². The lowest BCUT2D eigenvalue weighted by Crippen LogP contribution is -2.41. The van der Waals surface area contributed by atoms with E-state index in [1.165, 1.54) is 19.1 Å². The lowest BCUT2D eigenvalue weighted by Gasteiger charge is -2.21. The third-order valence-electron chi connectivity index (χ3n) is 3.75. The molecule has 1 aromatic rings. The number of carbonyl (C=O) groups is 2. The Morgan fingerprint density at radius 2 is 1.86 bits per heavy atom. The maximum Gasteiger partial charge on any atom is 0.326 e. The Hall–Kier alpha value is -2.44. The van der Waals surface area contributed by atoms with Gasteiger partial charge in [-0.15, -0.1) is 0 Å². The van der Waals surface area contributed by atoms with Crippen molar-refractivity contribution >= 4 is 11.9 Å². The summed E-state index contributed by atoms with van der Waals surface area (Å²) in [6.45, 7) is 0.447. The Labute approximate surface area is 128 Å². The largest absolute Gasteiger partial charge is 0.502 e. The van der Waals surface area contributed by atoms with Gasteiger partial charge in [0.2, 0.25) is 11.7 Å². The van der Waals surface area contributed by atoms with Gasteiger partial charge in [-0.3, -0.25) is 4.79 Å². The smallest absolute Gasteiger partial charge is 0.326 e. The van der Waals surface area contributed by atoms with Crippen molar-refractivity contribution in [2.75, 3.05) is 20.8 Å². The Bertz CT molecular complexity index is 560. The van der Waals surface area contributed by atoms with E-state index in [-0.39, 0.29) is 29.6 Å². The number of carboxylic acid groups (broad SMARTS) is 1. The van der Waals surface area contributed by atoms with Gasteiger partial charge in [-0.2, -0.15) is 0 Å².